The Bertz CT molecular complexity index is 1320. The minimum absolute atomic E-state index is 0.0603. The lowest BCUT2D eigenvalue weighted by Gasteiger charge is -2.16. The summed E-state index contributed by atoms with van der Waals surface area (Å²) in [6, 6.07) is 14.2. The van der Waals surface area contributed by atoms with Gasteiger partial charge in [-0.2, -0.15) is 5.26 Å². The lowest BCUT2D eigenvalue weighted by Crippen LogP contribution is -2.28. The van der Waals surface area contributed by atoms with E-state index in [2.05, 4.69) is 0 Å². The molecule has 1 N–H and O–H groups in total. The second-order valence-electron chi connectivity index (χ2n) is 7.37. The minimum Gasteiger partial charge on any atom is -0.494 e. The number of ketones is 1. The van der Waals surface area contributed by atoms with Crippen LogP contribution in [0.2, 0.25) is 0 Å². The van der Waals surface area contributed by atoms with Crippen LogP contribution in [0.3, 0.4) is 0 Å². The van der Waals surface area contributed by atoms with Gasteiger partial charge >= 0.3 is 0 Å². The number of nitriles is 1. The summed E-state index contributed by atoms with van der Waals surface area (Å²) in [4.78, 5) is 25.8. The third kappa shape index (κ3) is 3.76. The van der Waals surface area contributed by atoms with Crippen LogP contribution in [-0.4, -0.2) is 28.9 Å². The van der Waals surface area contributed by atoms with Crippen LogP contribution in [0.1, 0.15) is 32.6 Å². The van der Waals surface area contributed by atoms with Crippen molar-refractivity contribution in [2.24, 2.45) is 0 Å². The third-order valence-electron chi connectivity index (χ3n) is 5.31. The first-order chi connectivity index (χ1) is 15.4. The molecular weight excluding hydrogens is 412 g/mol. The molecule has 2 heterocycles. The Labute approximate surface area is 183 Å². The van der Waals surface area contributed by atoms with Crippen LogP contribution in [0.4, 0.5) is 0 Å². The molecule has 162 valence electrons. The van der Waals surface area contributed by atoms with E-state index in [1.165, 1.54) is 6.92 Å². The number of carbonyl (C=O) groups excluding carboxylic acids is 1. The van der Waals surface area contributed by atoms with Gasteiger partial charge in [-0.15, -0.1) is 0 Å². The van der Waals surface area contributed by atoms with Gasteiger partial charge in [0.25, 0.3) is 5.56 Å². The summed E-state index contributed by atoms with van der Waals surface area (Å²) in [5.41, 5.74) is 0.603. The van der Waals surface area contributed by atoms with Crippen molar-refractivity contribution in [2.75, 3.05) is 13.4 Å². The number of rotatable bonds is 6. The molecule has 1 aromatic heterocycles. The molecule has 1 aliphatic rings. The van der Waals surface area contributed by atoms with E-state index in [1.54, 1.807) is 30.3 Å². The van der Waals surface area contributed by atoms with E-state index < -0.39 is 17.2 Å². The van der Waals surface area contributed by atoms with Crippen LogP contribution in [0.25, 0.3) is 0 Å². The van der Waals surface area contributed by atoms with Gasteiger partial charge in [-0.3, -0.25) is 14.2 Å². The molecular formula is C24H20N2O6. The van der Waals surface area contributed by atoms with Gasteiger partial charge in [0.1, 0.15) is 17.4 Å². The van der Waals surface area contributed by atoms with Crippen molar-refractivity contribution in [3.8, 4) is 29.2 Å². The zero-order chi connectivity index (χ0) is 22.8. The molecule has 1 aliphatic heterocycles. The smallest absolute Gasteiger partial charge is 0.271 e. The molecule has 0 aliphatic carbocycles. The number of benzene rings is 2. The number of aromatic hydroxyl groups is 1. The predicted octanol–water partition coefficient (Wildman–Crippen LogP) is 3.08. The van der Waals surface area contributed by atoms with Gasteiger partial charge in [0.2, 0.25) is 18.5 Å². The zero-order valence-electron chi connectivity index (χ0n) is 17.5. The largest absolute Gasteiger partial charge is 0.494 e. The Kier molecular flexibility index (Phi) is 5.56. The predicted molar refractivity (Wildman–Crippen MR) is 114 cm³/mol. The molecule has 8 nitrogen and oxygen atoms in total. The molecule has 0 radical (unpaired) electrons. The molecule has 0 fully saturated rings. The fourth-order valence-electron chi connectivity index (χ4n) is 3.59. The summed E-state index contributed by atoms with van der Waals surface area (Å²) < 4.78 is 17.3. The molecule has 0 spiro atoms. The van der Waals surface area contributed by atoms with E-state index in [-0.39, 0.29) is 36.6 Å². The van der Waals surface area contributed by atoms with E-state index in [9.17, 15) is 20.0 Å². The standard InChI is InChI=1S/C24H20N2O6/c1-14-5-3-4-6-19(14)30-12-18(27)22-15(2)17(10-25)23(28)26(24(22)29)11-16-7-8-20-21(9-16)32-13-31-20/h3-9,29H,11-13H2,1-2H3. The van der Waals surface area contributed by atoms with E-state index in [4.69, 9.17) is 14.2 Å². The van der Waals surface area contributed by atoms with Gasteiger partial charge in [0.15, 0.2) is 18.1 Å². The topological polar surface area (TPSA) is 111 Å². The normalized spacial score (nSPS) is 11.8. The van der Waals surface area contributed by atoms with Gasteiger partial charge in [0.05, 0.1) is 12.1 Å². The van der Waals surface area contributed by atoms with Crippen LogP contribution < -0.4 is 19.8 Å². The van der Waals surface area contributed by atoms with Gasteiger partial charge in [-0.1, -0.05) is 24.3 Å². The monoisotopic (exact) mass is 432 g/mol. The van der Waals surface area contributed by atoms with E-state index in [1.807, 2.05) is 25.1 Å². The SMILES string of the molecule is Cc1ccccc1OCC(=O)c1c(C)c(C#N)c(=O)n(Cc2ccc3c(c2)OCO3)c1O. The Morgan fingerprint density at radius 1 is 1.19 bits per heavy atom. The second kappa shape index (κ2) is 8.47. The molecule has 8 heteroatoms. The maximum absolute atomic E-state index is 13.0. The van der Waals surface area contributed by atoms with Crippen LogP contribution in [0.15, 0.2) is 47.3 Å². The Hall–Kier alpha value is -4.25. The summed E-state index contributed by atoms with van der Waals surface area (Å²) in [7, 11) is 0. The number of hydrogen-bond donors (Lipinski definition) is 1. The van der Waals surface area contributed by atoms with Crippen molar-refractivity contribution >= 4 is 5.78 Å². The molecule has 0 unspecified atom stereocenters. The first-order valence-corrected chi connectivity index (χ1v) is 9.87. The lowest BCUT2D eigenvalue weighted by molar-refractivity contribution is 0.0916. The van der Waals surface area contributed by atoms with Crippen LogP contribution in [0, 0.1) is 25.2 Å². The molecule has 0 saturated heterocycles. The maximum Gasteiger partial charge on any atom is 0.271 e. The van der Waals surface area contributed by atoms with E-state index >= 15 is 0 Å². The lowest BCUT2D eigenvalue weighted by atomic mass is 10.0. The first-order valence-electron chi connectivity index (χ1n) is 9.87. The number of aromatic nitrogens is 1. The highest BCUT2D eigenvalue weighted by Crippen LogP contribution is 2.33. The number of nitrogens with zero attached hydrogens (tertiary/aromatic N) is 2. The average Bonchev–Trinajstić information content (AvgIpc) is 3.24. The number of Topliss-reactive ketones (excluding diaryl/α,β-unsaturated/α-hetero) is 1. The van der Waals surface area contributed by atoms with Crippen LogP contribution in [0.5, 0.6) is 23.1 Å². The molecule has 32 heavy (non-hydrogen) atoms. The average molecular weight is 432 g/mol. The van der Waals surface area contributed by atoms with Crippen molar-refractivity contribution in [1.29, 1.82) is 5.26 Å². The van der Waals surface area contributed by atoms with Crippen molar-refractivity contribution in [2.45, 2.75) is 20.4 Å². The fourth-order valence-corrected chi connectivity index (χ4v) is 3.59. The van der Waals surface area contributed by atoms with Crippen LogP contribution in [-0.2, 0) is 6.54 Å². The molecule has 3 aromatic rings. The molecule has 0 saturated carbocycles. The van der Waals surface area contributed by atoms with Gasteiger partial charge in [0, 0.05) is 0 Å². The maximum atomic E-state index is 13.0. The summed E-state index contributed by atoms with van der Waals surface area (Å²) in [6.45, 7) is 3.00. The highest BCUT2D eigenvalue weighted by atomic mass is 16.7. The number of aryl methyl sites for hydroxylation is 1. The first kappa shape index (κ1) is 21.0. The minimum atomic E-state index is -0.684. The summed E-state index contributed by atoms with van der Waals surface area (Å²) in [5, 5.41) is 20.4. The number of ether oxygens (including phenoxy) is 3. The Balaban J connectivity index is 1.70. The van der Waals surface area contributed by atoms with Crippen molar-refractivity contribution in [3.63, 3.8) is 0 Å². The molecule has 4 rings (SSSR count). The summed E-state index contributed by atoms with van der Waals surface area (Å²) in [5.74, 6) is 0.579. The van der Waals surface area contributed by atoms with Crippen LogP contribution >= 0.6 is 0 Å². The third-order valence-corrected chi connectivity index (χ3v) is 5.31. The number of carbonyl (C=O) groups is 1. The highest BCUT2D eigenvalue weighted by molar-refractivity contribution is 6.01. The second-order valence-corrected chi connectivity index (χ2v) is 7.37. The van der Waals surface area contributed by atoms with Crippen molar-refractivity contribution in [1.82, 2.24) is 4.57 Å². The molecule has 2 aromatic carbocycles. The fraction of sp³-hybridized carbons (Fsp3) is 0.208. The molecule has 0 atom stereocenters. The van der Waals surface area contributed by atoms with Crippen molar-refractivity contribution < 1.29 is 24.1 Å². The molecule has 0 amide bonds. The van der Waals surface area contributed by atoms with Crippen molar-refractivity contribution in [3.05, 3.63) is 80.6 Å². The van der Waals surface area contributed by atoms with Gasteiger partial charge in [-0.05, 0) is 48.7 Å². The van der Waals surface area contributed by atoms with E-state index in [0.29, 0.717) is 22.8 Å². The zero-order valence-corrected chi connectivity index (χ0v) is 17.5. The number of pyridine rings is 1. The summed E-state index contributed by atoms with van der Waals surface area (Å²) in [6.07, 6.45) is 0. The highest BCUT2D eigenvalue weighted by Gasteiger charge is 2.25. The van der Waals surface area contributed by atoms with Gasteiger partial charge < -0.3 is 19.3 Å². The number of para-hydroxylation sites is 1. The quantitative estimate of drug-likeness (QED) is 0.596. The summed E-state index contributed by atoms with van der Waals surface area (Å²) >= 11 is 0. The van der Waals surface area contributed by atoms with E-state index in [0.717, 1.165) is 10.1 Å². The van der Waals surface area contributed by atoms with Gasteiger partial charge in [-0.25, -0.2) is 0 Å². The number of hydrogen-bond acceptors (Lipinski definition) is 7. The number of fused-ring (bicyclic) bond motifs is 1. The Morgan fingerprint density at radius 3 is 2.69 bits per heavy atom. The molecule has 0 bridgehead atoms. The Morgan fingerprint density at radius 2 is 1.94 bits per heavy atom.